The van der Waals surface area contributed by atoms with E-state index in [1.807, 2.05) is 19.1 Å². The van der Waals surface area contributed by atoms with E-state index in [9.17, 15) is 9.59 Å². The number of carbonyl (C=O) groups excluding carboxylic acids is 2. The summed E-state index contributed by atoms with van der Waals surface area (Å²) >= 11 is 2.16. The molecule has 2 rings (SSSR count). The minimum atomic E-state index is -0.720. The summed E-state index contributed by atoms with van der Waals surface area (Å²) in [7, 11) is 0. The van der Waals surface area contributed by atoms with E-state index >= 15 is 0 Å². The molecule has 5 nitrogen and oxygen atoms in total. The number of hydrogen-bond donors (Lipinski definition) is 2. The van der Waals surface area contributed by atoms with Crippen LogP contribution in [0.25, 0.3) is 0 Å². The van der Waals surface area contributed by atoms with E-state index in [1.165, 1.54) is 0 Å². The summed E-state index contributed by atoms with van der Waals surface area (Å²) in [6.07, 6.45) is 0. The highest BCUT2D eigenvalue weighted by Crippen LogP contribution is 2.16. The lowest BCUT2D eigenvalue weighted by Gasteiger charge is -2.08. The van der Waals surface area contributed by atoms with Gasteiger partial charge in [-0.3, -0.25) is 9.59 Å². The molecule has 0 saturated carbocycles. The molecule has 0 atom stereocenters. The normalized spacial score (nSPS) is 9.91. The largest absolute Gasteiger partial charge is 0.494 e. The van der Waals surface area contributed by atoms with E-state index < -0.39 is 11.8 Å². The predicted octanol–water partition coefficient (Wildman–Crippen LogP) is 3.27. The van der Waals surface area contributed by atoms with Crippen LogP contribution in [0.4, 0.5) is 11.4 Å². The quantitative estimate of drug-likeness (QED) is 0.601. The average Bonchev–Trinajstić information content (AvgIpc) is 2.51. The third-order valence-corrected chi connectivity index (χ3v) is 3.45. The molecule has 0 radical (unpaired) electrons. The van der Waals surface area contributed by atoms with Gasteiger partial charge in [0.15, 0.2) is 0 Å². The molecule has 2 N–H and O–H groups in total. The highest BCUT2D eigenvalue weighted by Gasteiger charge is 2.13. The monoisotopic (exact) mass is 410 g/mol. The molecule has 0 unspecified atom stereocenters. The number of ether oxygens (including phenoxy) is 1. The van der Waals surface area contributed by atoms with E-state index in [4.69, 9.17) is 4.74 Å². The second-order valence-electron chi connectivity index (χ2n) is 4.37. The molecule has 0 aliphatic heterocycles. The van der Waals surface area contributed by atoms with Crippen LogP contribution in [0, 0.1) is 3.57 Å². The highest BCUT2D eigenvalue weighted by atomic mass is 127. The highest BCUT2D eigenvalue weighted by molar-refractivity contribution is 14.1. The van der Waals surface area contributed by atoms with Crippen molar-refractivity contribution in [2.45, 2.75) is 6.92 Å². The molecule has 0 aromatic heterocycles. The van der Waals surface area contributed by atoms with E-state index in [0.29, 0.717) is 23.7 Å². The number of rotatable bonds is 4. The Balaban J connectivity index is 1.93. The first-order chi connectivity index (χ1) is 10.6. The second kappa shape index (κ2) is 7.79. The van der Waals surface area contributed by atoms with Crippen LogP contribution in [0.1, 0.15) is 6.92 Å². The van der Waals surface area contributed by atoms with Gasteiger partial charge in [-0.1, -0.05) is 0 Å². The van der Waals surface area contributed by atoms with Crippen LogP contribution in [0.2, 0.25) is 0 Å². The zero-order valence-corrected chi connectivity index (χ0v) is 14.1. The Morgan fingerprint density at radius 3 is 1.82 bits per heavy atom. The maximum absolute atomic E-state index is 11.8. The fraction of sp³-hybridized carbons (Fsp3) is 0.125. The molecule has 0 aliphatic carbocycles. The van der Waals surface area contributed by atoms with Gasteiger partial charge in [0, 0.05) is 14.9 Å². The number of amides is 2. The molecule has 0 fully saturated rings. The first-order valence-electron chi connectivity index (χ1n) is 6.69. The van der Waals surface area contributed by atoms with Crippen molar-refractivity contribution in [3.8, 4) is 5.75 Å². The smallest absolute Gasteiger partial charge is 0.314 e. The number of carbonyl (C=O) groups is 2. The van der Waals surface area contributed by atoms with Gasteiger partial charge >= 0.3 is 11.8 Å². The van der Waals surface area contributed by atoms with Gasteiger partial charge in [-0.05, 0) is 78.0 Å². The van der Waals surface area contributed by atoms with Crippen LogP contribution >= 0.6 is 22.6 Å². The van der Waals surface area contributed by atoms with Gasteiger partial charge in [0.05, 0.1) is 6.61 Å². The van der Waals surface area contributed by atoms with Crippen molar-refractivity contribution in [2.24, 2.45) is 0 Å². The third kappa shape index (κ3) is 4.73. The Hall–Kier alpha value is -2.09. The summed E-state index contributed by atoms with van der Waals surface area (Å²) in [5, 5.41) is 5.08. The van der Waals surface area contributed by atoms with E-state index in [2.05, 4.69) is 33.2 Å². The van der Waals surface area contributed by atoms with Crippen molar-refractivity contribution in [1.82, 2.24) is 0 Å². The summed E-state index contributed by atoms with van der Waals surface area (Å²) in [5.74, 6) is -0.721. The summed E-state index contributed by atoms with van der Waals surface area (Å²) in [6, 6.07) is 14.0. The molecule has 0 saturated heterocycles. The standard InChI is InChI=1S/C16H15IN2O3/c1-2-22-14-9-7-13(8-10-14)19-16(21)15(20)18-12-5-3-11(17)4-6-12/h3-10H,2H2,1H3,(H,18,20)(H,19,21). The minimum absolute atomic E-state index is 0.534. The first-order valence-corrected chi connectivity index (χ1v) is 7.77. The third-order valence-electron chi connectivity index (χ3n) is 2.73. The van der Waals surface area contributed by atoms with E-state index in [0.717, 1.165) is 3.57 Å². The number of nitrogens with one attached hydrogen (secondary N) is 2. The van der Waals surface area contributed by atoms with Gasteiger partial charge in [0.1, 0.15) is 5.75 Å². The zero-order valence-electron chi connectivity index (χ0n) is 11.9. The molecule has 2 amide bonds. The Bertz CT molecular complexity index is 654. The lowest BCUT2D eigenvalue weighted by Crippen LogP contribution is -2.29. The number of benzene rings is 2. The fourth-order valence-corrected chi connectivity index (χ4v) is 2.07. The van der Waals surface area contributed by atoms with Crippen LogP contribution in [0.3, 0.4) is 0 Å². The Morgan fingerprint density at radius 1 is 0.909 bits per heavy atom. The Morgan fingerprint density at radius 2 is 1.36 bits per heavy atom. The lowest BCUT2D eigenvalue weighted by atomic mass is 10.3. The fourth-order valence-electron chi connectivity index (χ4n) is 1.71. The Kier molecular flexibility index (Phi) is 5.76. The van der Waals surface area contributed by atoms with Gasteiger partial charge in [0.2, 0.25) is 0 Å². The lowest BCUT2D eigenvalue weighted by molar-refractivity contribution is -0.132. The van der Waals surface area contributed by atoms with Crippen LogP contribution in [-0.2, 0) is 9.59 Å². The zero-order chi connectivity index (χ0) is 15.9. The van der Waals surface area contributed by atoms with Crippen molar-refractivity contribution in [3.63, 3.8) is 0 Å². The average molecular weight is 410 g/mol. The molecule has 0 aliphatic rings. The number of halogens is 1. The topological polar surface area (TPSA) is 67.4 Å². The maximum Gasteiger partial charge on any atom is 0.314 e. The van der Waals surface area contributed by atoms with Crippen molar-refractivity contribution in [2.75, 3.05) is 17.2 Å². The van der Waals surface area contributed by atoms with Gasteiger partial charge in [-0.15, -0.1) is 0 Å². The first kappa shape index (κ1) is 16.3. The Labute approximate surface area is 142 Å². The summed E-state index contributed by atoms with van der Waals surface area (Å²) in [5.41, 5.74) is 1.11. The van der Waals surface area contributed by atoms with Crippen molar-refractivity contribution < 1.29 is 14.3 Å². The van der Waals surface area contributed by atoms with Crippen LogP contribution in [0.5, 0.6) is 5.75 Å². The molecule has 22 heavy (non-hydrogen) atoms. The van der Waals surface area contributed by atoms with Gasteiger partial charge in [-0.25, -0.2) is 0 Å². The minimum Gasteiger partial charge on any atom is -0.494 e. The molecule has 0 bridgehead atoms. The summed E-state index contributed by atoms with van der Waals surface area (Å²) in [6.45, 7) is 2.47. The molecular formula is C16H15IN2O3. The summed E-state index contributed by atoms with van der Waals surface area (Å²) in [4.78, 5) is 23.7. The van der Waals surface area contributed by atoms with Crippen LogP contribution in [-0.4, -0.2) is 18.4 Å². The maximum atomic E-state index is 11.8. The SMILES string of the molecule is CCOc1ccc(NC(=O)C(=O)Nc2ccc(I)cc2)cc1. The van der Waals surface area contributed by atoms with Crippen molar-refractivity contribution in [3.05, 3.63) is 52.1 Å². The van der Waals surface area contributed by atoms with Gasteiger partial charge < -0.3 is 15.4 Å². The van der Waals surface area contributed by atoms with Crippen LogP contribution < -0.4 is 15.4 Å². The predicted molar refractivity (Wildman–Crippen MR) is 94.0 cm³/mol. The second-order valence-corrected chi connectivity index (χ2v) is 5.62. The molecule has 2 aromatic rings. The van der Waals surface area contributed by atoms with Crippen molar-refractivity contribution in [1.29, 1.82) is 0 Å². The van der Waals surface area contributed by atoms with Gasteiger partial charge in [0.25, 0.3) is 0 Å². The summed E-state index contributed by atoms with van der Waals surface area (Å²) < 4.78 is 6.36. The number of hydrogen-bond acceptors (Lipinski definition) is 3. The van der Waals surface area contributed by atoms with Crippen molar-refractivity contribution >= 4 is 45.8 Å². The van der Waals surface area contributed by atoms with E-state index in [-0.39, 0.29) is 0 Å². The molecule has 2 aromatic carbocycles. The van der Waals surface area contributed by atoms with Gasteiger partial charge in [-0.2, -0.15) is 0 Å². The molecule has 6 heteroatoms. The molecule has 0 spiro atoms. The van der Waals surface area contributed by atoms with E-state index in [1.54, 1.807) is 36.4 Å². The molecular weight excluding hydrogens is 395 g/mol. The number of anilines is 2. The molecule has 114 valence electrons. The van der Waals surface area contributed by atoms with Crippen LogP contribution in [0.15, 0.2) is 48.5 Å². The molecule has 0 heterocycles.